The molecule has 0 spiro atoms. The number of carbonyl (C=O) groups is 3. The average molecular weight is 442 g/mol. The lowest BCUT2D eigenvalue weighted by atomic mass is 9.98. The molecule has 0 fully saturated rings. The first-order valence-electron chi connectivity index (χ1n) is 10.6. The Balaban J connectivity index is 2.14. The maximum Gasteiger partial charge on any atom is 0.326 e. The Hall–Kier alpha value is -3.39. The fraction of sp³-hybridized carbons (Fsp3) is 0.375. The number of aromatic hydroxyl groups is 1. The molecule has 0 bridgehead atoms. The molecule has 6 N–H and O–H groups in total. The summed E-state index contributed by atoms with van der Waals surface area (Å²) in [5, 5.41) is 24.1. The van der Waals surface area contributed by atoms with E-state index in [4.69, 9.17) is 5.73 Å². The summed E-state index contributed by atoms with van der Waals surface area (Å²) in [6.07, 6.45) is 0.984. The predicted molar refractivity (Wildman–Crippen MR) is 121 cm³/mol. The lowest BCUT2D eigenvalue weighted by molar-refractivity contribution is -0.143. The molecule has 8 nitrogen and oxygen atoms in total. The van der Waals surface area contributed by atoms with Gasteiger partial charge in [0.15, 0.2) is 0 Å². The molecule has 32 heavy (non-hydrogen) atoms. The molecule has 0 aliphatic rings. The number of aliphatic carboxylic acids is 1. The number of amides is 2. The zero-order chi connectivity index (χ0) is 23.7. The van der Waals surface area contributed by atoms with Gasteiger partial charge in [0, 0.05) is 6.42 Å². The monoisotopic (exact) mass is 441 g/mol. The van der Waals surface area contributed by atoms with Crippen LogP contribution in [0.3, 0.4) is 0 Å². The number of phenolic OH excluding ortho intramolecular Hbond substituents is 1. The number of carboxylic acids is 1. The van der Waals surface area contributed by atoms with Gasteiger partial charge < -0.3 is 26.6 Å². The van der Waals surface area contributed by atoms with Crippen molar-refractivity contribution >= 4 is 17.8 Å². The molecular weight excluding hydrogens is 410 g/mol. The van der Waals surface area contributed by atoms with Crippen molar-refractivity contribution in [1.82, 2.24) is 10.6 Å². The third kappa shape index (κ3) is 7.39. The third-order valence-corrected chi connectivity index (χ3v) is 5.42. The summed E-state index contributed by atoms with van der Waals surface area (Å²) in [6.45, 7) is 3.59. The second-order valence-electron chi connectivity index (χ2n) is 7.94. The van der Waals surface area contributed by atoms with Gasteiger partial charge in [-0.3, -0.25) is 9.59 Å². The number of benzene rings is 2. The first-order valence-corrected chi connectivity index (χ1v) is 10.6. The fourth-order valence-electron chi connectivity index (χ4n) is 3.25. The van der Waals surface area contributed by atoms with E-state index in [-0.39, 0.29) is 24.5 Å². The Kier molecular flexibility index (Phi) is 9.22. The maximum absolute atomic E-state index is 13.0. The molecule has 0 aliphatic heterocycles. The highest BCUT2D eigenvalue weighted by molar-refractivity contribution is 5.92. The van der Waals surface area contributed by atoms with E-state index in [0.717, 1.165) is 11.1 Å². The normalized spacial score (nSPS) is 14.6. The van der Waals surface area contributed by atoms with Crippen molar-refractivity contribution < 1.29 is 24.6 Å². The highest BCUT2D eigenvalue weighted by Crippen LogP contribution is 2.12. The molecular formula is C24H31N3O5. The topological polar surface area (TPSA) is 142 Å². The molecule has 0 aliphatic carbocycles. The molecule has 172 valence electrons. The summed E-state index contributed by atoms with van der Waals surface area (Å²) in [4.78, 5) is 37.4. The lowest BCUT2D eigenvalue weighted by Gasteiger charge is -2.25. The van der Waals surface area contributed by atoms with E-state index in [2.05, 4.69) is 10.6 Å². The van der Waals surface area contributed by atoms with E-state index in [1.165, 1.54) is 12.1 Å². The van der Waals surface area contributed by atoms with Gasteiger partial charge in [-0.15, -0.1) is 0 Å². The smallest absolute Gasteiger partial charge is 0.326 e. The summed E-state index contributed by atoms with van der Waals surface area (Å²) in [5.41, 5.74) is 7.62. The number of carbonyl (C=O) groups excluding carboxylic acids is 2. The van der Waals surface area contributed by atoms with Crippen LogP contribution in [-0.4, -0.2) is 46.1 Å². The molecule has 2 rings (SSSR count). The number of nitrogens with two attached hydrogens (primary N) is 1. The van der Waals surface area contributed by atoms with Crippen molar-refractivity contribution in [2.45, 2.75) is 51.2 Å². The molecule has 2 amide bonds. The third-order valence-electron chi connectivity index (χ3n) is 5.42. The summed E-state index contributed by atoms with van der Waals surface area (Å²) >= 11 is 0. The molecule has 0 saturated heterocycles. The Morgan fingerprint density at radius 1 is 0.906 bits per heavy atom. The minimum Gasteiger partial charge on any atom is -0.508 e. The van der Waals surface area contributed by atoms with E-state index in [1.807, 2.05) is 37.3 Å². The zero-order valence-electron chi connectivity index (χ0n) is 18.3. The van der Waals surface area contributed by atoms with Gasteiger partial charge >= 0.3 is 5.97 Å². The maximum atomic E-state index is 13.0. The number of hydrogen-bond donors (Lipinski definition) is 5. The van der Waals surface area contributed by atoms with Crippen molar-refractivity contribution in [2.75, 3.05) is 0 Å². The van der Waals surface area contributed by atoms with Crippen molar-refractivity contribution in [3.63, 3.8) is 0 Å². The molecule has 0 radical (unpaired) electrons. The van der Waals surface area contributed by atoms with Gasteiger partial charge in [0.05, 0.1) is 6.04 Å². The molecule has 0 saturated carbocycles. The number of hydrogen-bond acceptors (Lipinski definition) is 5. The minimum absolute atomic E-state index is 0.112. The largest absolute Gasteiger partial charge is 0.508 e. The Morgan fingerprint density at radius 3 is 2.06 bits per heavy atom. The van der Waals surface area contributed by atoms with Crippen LogP contribution in [0.25, 0.3) is 0 Å². The SMILES string of the molecule is CC[C@H](C)[C@H](NC(=O)[C@H](Cc1ccccc1)NC(=O)[C@@H](N)Cc1ccc(O)cc1)C(=O)O. The summed E-state index contributed by atoms with van der Waals surface area (Å²) in [7, 11) is 0. The molecule has 0 heterocycles. The second-order valence-corrected chi connectivity index (χ2v) is 7.94. The van der Waals surface area contributed by atoms with Gasteiger partial charge in [-0.1, -0.05) is 62.7 Å². The van der Waals surface area contributed by atoms with Gasteiger partial charge in [-0.2, -0.15) is 0 Å². The minimum atomic E-state index is -1.12. The van der Waals surface area contributed by atoms with Crippen LogP contribution >= 0.6 is 0 Å². The van der Waals surface area contributed by atoms with Crippen LogP contribution in [0.15, 0.2) is 54.6 Å². The standard InChI is InChI=1S/C24H31N3O5/c1-3-15(2)21(24(31)32)27-23(30)20(14-16-7-5-4-6-8-16)26-22(29)19(25)13-17-9-11-18(28)12-10-17/h4-12,15,19-21,28H,3,13-14,25H2,1-2H3,(H,26,29)(H,27,30)(H,31,32)/t15-,19-,20-,21-/m0/s1. The predicted octanol–water partition coefficient (Wildman–Crippen LogP) is 1.61. The van der Waals surface area contributed by atoms with Gasteiger partial charge in [0.1, 0.15) is 17.8 Å². The highest BCUT2D eigenvalue weighted by atomic mass is 16.4. The van der Waals surface area contributed by atoms with Gasteiger partial charge in [0.25, 0.3) is 0 Å². The number of phenols is 1. The van der Waals surface area contributed by atoms with Gasteiger partial charge in [-0.05, 0) is 35.6 Å². The van der Waals surface area contributed by atoms with E-state index >= 15 is 0 Å². The van der Waals surface area contributed by atoms with E-state index in [1.54, 1.807) is 19.1 Å². The lowest BCUT2D eigenvalue weighted by Crippen LogP contribution is -2.56. The Labute approximate surface area is 187 Å². The van der Waals surface area contributed by atoms with E-state index < -0.39 is 35.9 Å². The molecule has 8 heteroatoms. The van der Waals surface area contributed by atoms with Crippen LogP contribution in [0.5, 0.6) is 5.75 Å². The quantitative estimate of drug-likeness (QED) is 0.359. The van der Waals surface area contributed by atoms with Crippen LogP contribution in [0.2, 0.25) is 0 Å². The summed E-state index contributed by atoms with van der Waals surface area (Å²) < 4.78 is 0. The first-order chi connectivity index (χ1) is 15.2. The number of carboxylic acid groups (broad SMARTS) is 1. The van der Waals surface area contributed by atoms with Crippen LogP contribution in [0.1, 0.15) is 31.4 Å². The average Bonchev–Trinajstić information content (AvgIpc) is 2.78. The van der Waals surface area contributed by atoms with Gasteiger partial charge in [0.2, 0.25) is 11.8 Å². The van der Waals surface area contributed by atoms with Crippen LogP contribution in [0.4, 0.5) is 0 Å². The van der Waals surface area contributed by atoms with Crippen molar-refractivity contribution in [3.05, 3.63) is 65.7 Å². The molecule has 4 atom stereocenters. The Bertz CT molecular complexity index is 902. The summed E-state index contributed by atoms with van der Waals surface area (Å²) in [6, 6.07) is 12.5. The zero-order valence-corrected chi connectivity index (χ0v) is 18.3. The van der Waals surface area contributed by atoms with E-state index in [9.17, 15) is 24.6 Å². The van der Waals surface area contributed by atoms with E-state index in [0.29, 0.717) is 6.42 Å². The number of rotatable bonds is 11. The second kappa shape index (κ2) is 11.9. The molecule has 2 aromatic carbocycles. The highest BCUT2D eigenvalue weighted by Gasteiger charge is 2.30. The molecule has 0 unspecified atom stereocenters. The van der Waals surface area contributed by atoms with Crippen LogP contribution in [0, 0.1) is 5.92 Å². The number of nitrogens with one attached hydrogen (secondary N) is 2. The van der Waals surface area contributed by atoms with Crippen LogP contribution < -0.4 is 16.4 Å². The van der Waals surface area contributed by atoms with Crippen molar-refractivity contribution in [1.29, 1.82) is 0 Å². The molecule has 2 aromatic rings. The van der Waals surface area contributed by atoms with Crippen molar-refractivity contribution in [3.8, 4) is 5.75 Å². The first kappa shape index (κ1) is 24.9. The van der Waals surface area contributed by atoms with Crippen molar-refractivity contribution in [2.24, 2.45) is 11.7 Å². The Morgan fingerprint density at radius 2 is 1.50 bits per heavy atom. The molecule has 0 aromatic heterocycles. The van der Waals surface area contributed by atoms with Crippen LogP contribution in [-0.2, 0) is 27.2 Å². The van der Waals surface area contributed by atoms with Gasteiger partial charge in [-0.25, -0.2) is 4.79 Å². The summed E-state index contributed by atoms with van der Waals surface area (Å²) in [5.74, 6) is -2.39. The fourth-order valence-corrected chi connectivity index (χ4v) is 3.25.